The number of esters is 1. The first-order chi connectivity index (χ1) is 12.2. The summed E-state index contributed by atoms with van der Waals surface area (Å²) in [4.78, 5) is 38.1. The van der Waals surface area contributed by atoms with Gasteiger partial charge in [0.1, 0.15) is 10.2 Å². The van der Waals surface area contributed by atoms with Crippen LogP contribution < -0.4 is 5.32 Å². The van der Waals surface area contributed by atoms with Crippen molar-refractivity contribution in [1.29, 1.82) is 0 Å². The fraction of sp³-hybridized carbons (Fsp3) is 0.188. The second-order valence-corrected chi connectivity index (χ2v) is 6.06. The Labute approximate surface area is 158 Å². The van der Waals surface area contributed by atoms with Gasteiger partial charge in [0, 0.05) is 17.4 Å². The van der Waals surface area contributed by atoms with E-state index in [9.17, 15) is 19.7 Å². The van der Waals surface area contributed by atoms with Crippen LogP contribution in [0.25, 0.3) is 0 Å². The standard InChI is InChI=1S/C16H13Cl2N3O5/c1-8-5-9(2)19-15(18)14(8)16(23)26-7-13(22)20-10-3-4-11(17)12(6-10)21(24)25/h3-6H,7H2,1-2H3,(H,20,22). The molecule has 1 N–H and O–H groups in total. The van der Waals surface area contributed by atoms with E-state index in [4.69, 9.17) is 27.9 Å². The molecule has 0 saturated heterocycles. The molecule has 0 unspecified atom stereocenters. The van der Waals surface area contributed by atoms with Crippen LogP contribution >= 0.6 is 23.2 Å². The van der Waals surface area contributed by atoms with Crippen molar-refractivity contribution in [2.24, 2.45) is 0 Å². The van der Waals surface area contributed by atoms with Crippen molar-refractivity contribution >= 4 is 46.5 Å². The maximum atomic E-state index is 12.1. The highest BCUT2D eigenvalue weighted by Gasteiger charge is 2.19. The van der Waals surface area contributed by atoms with Crippen LogP contribution in [-0.4, -0.2) is 28.4 Å². The Balaban J connectivity index is 2.02. The predicted molar refractivity (Wildman–Crippen MR) is 95.7 cm³/mol. The largest absolute Gasteiger partial charge is 0.452 e. The number of nitro groups is 1. The maximum absolute atomic E-state index is 12.1. The average molecular weight is 398 g/mol. The van der Waals surface area contributed by atoms with E-state index >= 15 is 0 Å². The summed E-state index contributed by atoms with van der Waals surface area (Å²) in [5, 5.41) is 13.2. The summed E-state index contributed by atoms with van der Waals surface area (Å²) < 4.78 is 4.93. The number of carbonyl (C=O) groups is 2. The van der Waals surface area contributed by atoms with Gasteiger partial charge in [0.2, 0.25) is 0 Å². The zero-order valence-electron chi connectivity index (χ0n) is 13.7. The SMILES string of the molecule is Cc1cc(C)c(C(=O)OCC(=O)Nc2ccc(Cl)c([N+](=O)[O-])c2)c(Cl)n1. The summed E-state index contributed by atoms with van der Waals surface area (Å²) in [6.07, 6.45) is 0. The van der Waals surface area contributed by atoms with E-state index in [1.165, 1.54) is 12.1 Å². The number of nitrogens with one attached hydrogen (secondary N) is 1. The van der Waals surface area contributed by atoms with Crippen LogP contribution in [0.2, 0.25) is 10.2 Å². The van der Waals surface area contributed by atoms with Crippen LogP contribution in [0.4, 0.5) is 11.4 Å². The number of hydrogen-bond acceptors (Lipinski definition) is 6. The minimum atomic E-state index is -0.794. The predicted octanol–water partition coefficient (Wildman–Crippen LogP) is 3.71. The van der Waals surface area contributed by atoms with Crippen LogP contribution in [0.3, 0.4) is 0 Å². The summed E-state index contributed by atoms with van der Waals surface area (Å²) in [6, 6.07) is 5.44. The van der Waals surface area contributed by atoms with Crippen LogP contribution in [0.15, 0.2) is 24.3 Å². The number of rotatable bonds is 5. The topological polar surface area (TPSA) is 111 Å². The molecule has 10 heteroatoms. The second-order valence-electron chi connectivity index (χ2n) is 5.29. The summed E-state index contributed by atoms with van der Waals surface area (Å²) in [5.41, 5.74) is 1.09. The molecule has 2 aromatic rings. The van der Waals surface area contributed by atoms with Crippen LogP contribution in [0, 0.1) is 24.0 Å². The molecule has 0 aliphatic carbocycles. The second kappa shape index (κ2) is 8.11. The lowest BCUT2D eigenvalue weighted by atomic mass is 10.1. The van der Waals surface area contributed by atoms with Crippen molar-refractivity contribution in [2.45, 2.75) is 13.8 Å². The van der Waals surface area contributed by atoms with Crippen LogP contribution in [0.5, 0.6) is 0 Å². The number of anilines is 1. The number of nitro benzene ring substituents is 1. The molecule has 1 amide bonds. The molecule has 0 saturated carbocycles. The number of hydrogen-bond donors (Lipinski definition) is 1. The number of pyridine rings is 1. The number of aromatic nitrogens is 1. The Morgan fingerprint density at radius 1 is 1.27 bits per heavy atom. The van der Waals surface area contributed by atoms with Crippen molar-refractivity contribution in [3.8, 4) is 0 Å². The monoisotopic (exact) mass is 397 g/mol. The molecule has 2 rings (SSSR count). The molecular weight excluding hydrogens is 385 g/mol. The first-order valence-corrected chi connectivity index (χ1v) is 7.99. The minimum Gasteiger partial charge on any atom is -0.452 e. The van der Waals surface area contributed by atoms with Crippen molar-refractivity contribution in [1.82, 2.24) is 4.98 Å². The summed E-state index contributed by atoms with van der Waals surface area (Å²) >= 11 is 11.6. The van der Waals surface area contributed by atoms with E-state index in [-0.39, 0.29) is 27.1 Å². The Morgan fingerprint density at radius 3 is 2.58 bits per heavy atom. The Bertz CT molecular complexity index is 878. The van der Waals surface area contributed by atoms with Crippen molar-refractivity contribution < 1.29 is 19.2 Å². The van der Waals surface area contributed by atoms with Gasteiger partial charge in [0.05, 0.1) is 10.5 Å². The Morgan fingerprint density at radius 2 is 1.96 bits per heavy atom. The summed E-state index contributed by atoms with van der Waals surface area (Å²) in [5.74, 6) is -1.47. The van der Waals surface area contributed by atoms with Crippen LogP contribution in [0.1, 0.15) is 21.6 Å². The number of halogens is 2. The third-order valence-corrected chi connectivity index (χ3v) is 3.86. The van der Waals surface area contributed by atoms with Gasteiger partial charge in [-0.3, -0.25) is 14.9 Å². The minimum absolute atomic E-state index is 0.0127. The molecule has 0 aliphatic heterocycles. The smallest absolute Gasteiger partial charge is 0.342 e. The molecule has 1 aromatic carbocycles. The molecule has 0 atom stereocenters. The van der Waals surface area contributed by atoms with Gasteiger partial charge in [-0.2, -0.15) is 0 Å². The zero-order chi connectivity index (χ0) is 19.4. The highest BCUT2D eigenvalue weighted by molar-refractivity contribution is 6.33. The normalized spacial score (nSPS) is 10.3. The fourth-order valence-electron chi connectivity index (χ4n) is 2.17. The Hall–Kier alpha value is -2.71. The van der Waals surface area contributed by atoms with Gasteiger partial charge < -0.3 is 10.1 Å². The molecule has 1 aromatic heterocycles. The summed E-state index contributed by atoms with van der Waals surface area (Å²) in [7, 11) is 0. The maximum Gasteiger partial charge on any atom is 0.342 e. The quantitative estimate of drug-likeness (QED) is 0.356. The van der Waals surface area contributed by atoms with E-state index in [1.54, 1.807) is 19.9 Å². The number of nitrogens with zero attached hydrogens (tertiary/aromatic N) is 2. The van der Waals surface area contributed by atoms with Gasteiger partial charge in [-0.25, -0.2) is 9.78 Å². The highest BCUT2D eigenvalue weighted by atomic mass is 35.5. The molecule has 0 bridgehead atoms. The highest BCUT2D eigenvalue weighted by Crippen LogP contribution is 2.27. The first kappa shape index (κ1) is 19.6. The van der Waals surface area contributed by atoms with E-state index < -0.39 is 23.4 Å². The Kier molecular flexibility index (Phi) is 6.12. The van der Waals surface area contributed by atoms with Gasteiger partial charge in [-0.15, -0.1) is 0 Å². The van der Waals surface area contributed by atoms with Gasteiger partial charge in [0.25, 0.3) is 11.6 Å². The zero-order valence-corrected chi connectivity index (χ0v) is 15.2. The van der Waals surface area contributed by atoms with E-state index in [0.29, 0.717) is 11.3 Å². The molecule has 8 nitrogen and oxygen atoms in total. The molecule has 0 radical (unpaired) electrons. The lowest BCUT2D eigenvalue weighted by molar-refractivity contribution is -0.384. The number of ether oxygens (including phenoxy) is 1. The van der Waals surface area contributed by atoms with Crippen molar-refractivity contribution in [3.63, 3.8) is 0 Å². The lowest BCUT2D eigenvalue weighted by Gasteiger charge is -2.10. The average Bonchev–Trinajstić information content (AvgIpc) is 2.53. The van der Waals surface area contributed by atoms with E-state index in [2.05, 4.69) is 10.3 Å². The first-order valence-electron chi connectivity index (χ1n) is 7.23. The van der Waals surface area contributed by atoms with Crippen molar-refractivity contribution in [2.75, 3.05) is 11.9 Å². The number of benzene rings is 1. The van der Waals surface area contributed by atoms with Gasteiger partial charge in [-0.05, 0) is 37.6 Å². The number of aryl methyl sites for hydroxylation is 2. The van der Waals surface area contributed by atoms with Gasteiger partial charge in [-0.1, -0.05) is 23.2 Å². The van der Waals surface area contributed by atoms with Crippen LogP contribution in [-0.2, 0) is 9.53 Å². The molecule has 0 spiro atoms. The molecule has 0 fully saturated rings. The number of carbonyl (C=O) groups excluding carboxylic acids is 2. The van der Waals surface area contributed by atoms with Gasteiger partial charge >= 0.3 is 5.97 Å². The molecule has 26 heavy (non-hydrogen) atoms. The van der Waals surface area contributed by atoms with Gasteiger partial charge in [0.15, 0.2) is 6.61 Å². The molecule has 0 aliphatic rings. The van der Waals surface area contributed by atoms with E-state index in [0.717, 1.165) is 6.07 Å². The van der Waals surface area contributed by atoms with Crippen molar-refractivity contribution in [3.05, 3.63) is 61.4 Å². The fourth-order valence-corrected chi connectivity index (χ4v) is 2.71. The number of amides is 1. The summed E-state index contributed by atoms with van der Waals surface area (Å²) in [6.45, 7) is 2.80. The third kappa shape index (κ3) is 4.68. The lowest BCUT2D eigenvalue weighted by Crippen LogP contribution is -2.21. The third-order valence-electron chi connectivity index (χ3n) is 3.27. The molecule has 136 valence electrons. The molecule has 1 heterocycles. The van der Waals surface area contributed by atoms with E-state index in [1.807, 2.05) is 0 Å². The molecular formula is C16H13Cl2N3O5.